The van der Waals surface area contributed by atoms with Crippen molar-refractivity contribution in [2.45, 2.75) is 17.7 Å². The highest BCUT2D eigenvalue weighted by Crippen LogP contribution is 2.27. The standard InChI is InChI=1S/C12H18N2S2/c1-13-11(12-9-15-5-6-16-12)7-10-3-2-4-14-8-10/h2-4,8,11-13H,5-7,9H2,1H3. The van der Waals surface area contributed by atoms with Crippen molar-refractivity contribution in [3.8, 4) is 0 Å². The molecule has 1 aromatic rings. The predicted octanol–water partition coefficient (Wildman–Crippen LogP) is 2.06. The molecule has 0 radical (unpaired) electrons. The van der Waals surface area contributed by atoms with Gasteiger partial charge in [-0.25, -0.2) is 0 Å². The van der Waals surface area contributed by atoms with Crippen LogP contribution in [0.15, 0.2) is 24.5 Å². The molecule has 1 saturated heterocycles. The van der Waals surface area contributed by atoms with Crippen molar-refractivity contribution in [1.82, 2.24) is 10.3 Å². The Hall–Kier alpha value is -0.190. The summed E-state index contributed by atoms with van der Waals surface area (Å²) in [4.78, 5) is 4.18. The van der Waals surface area contributed by atoms with Crippen LogP contribution in [-0.4, -0.2) is 40.6 Å². The molecule has 88 valence electrons. The fourth-order valence-electron chi connectivity index (χ4n) is 1.93. The van der Waals surface area contributed by atoms with Crippen LogP contribution in [-0.2, 0) is 6.42 Å². The maximum absolute atomic E-state index is 4.18. The summed E-state index contributed by atoms with van der Waals surface area (Å²) < 4.78 is 0. The molecular formula is C12H18N2S2. The van der Waals surface area contributed by atoms with E-state index in [1.54, 1.807) is 0 Å². The summed E-state index contributed by atoms with van der Waals surface area (Å²) in [6, 6.07) is 4.75. The Morgan fingerprint density at radius 2 is 2.50 bits per heavy atom. The molecule has 0 spiro atoms. The second-order valence-corrected chi connectivity index (χ2v) is 6.44. The molecule has 1 aromatic heterocycles. The van der Waals surface area contributed by atoms with Gasteiger partial charge in [-0.3, -0.25) is 4.98 Å². The summed E-state index contributed by atoms with van der Waals surface area (Å²) in [7, 11) is 2.07. The smallest absolute Gasteiger partial charge is 0.0300 e. The number of aromatic nitrogens is 1. The van der Waals surface area contributed by atoms with E-state index in [9.17, 15) is 0 Å². The maximum Gasteiger partial charge on any atom is 0.0300 e. The monoisotopic (exact) mass is 254 g/mol. The van der Waals surface area contributed by atoms with E-state index in [-0.39, 0.29) is 0 Å². The fraction of sp³-hybridized carbons (Fsp3) is 0.583. The fourth-order valence-corrected chi connectivity index (χ4v) is 4.86. The van der Waals surface area contributed by atoms with Gasteiger partial charge in [-0.2, -0.15) is 23.5 Å². The van der Waals surface area contributed by atoms with Crippen LogP contribution in [0.2, 0.25) is 0 Å². The van der Waals surface area contributed by atoms with E-state index in [0.717, 1.165) is 11.7 Å². The largest absolute Gasteiger partial charge is 0.316 e. The highest BCUT2D eigenvalue weighted by Gasteiger charge is 2.23. The number of nitrogens with one attached hydrogen (secondary N) is 1. The molecule has 0 aromatic carbocycles. The van der Waals surface area contributed by atoms with Crippen molar-refractivity contribution in [3.63, 3.8) is 0 Å². The zero-order valence-corrected chi connectivity index (χ0v) is 11.2. The molecule has 0 aliphatic carbocycles. The van der Waals surface area contributed by atoms with E-state index in [2.05, 4.69) is 46.9 Å². The van der Waals surface area contributed by atoms with Crippen LogP contribution in [0.1, 0.15) is 5.56 Å². The molecule has 1 aliphatic heterocycles. The lowest BCUT2D eigenvalue weighted by Crippen LogP contribution is -2.40. The third kappa shape index (κ3) is 3.40. The van der Waals surface area contributed by atoms with Gasteiger partial charge in [-0.05, 0) is 25.1 Å². The van der Waals surface area contributed by atoms with Gasteiger partial charge in [0.2, 0.25) is 0 Å². The van der Waals surface area contributed by atoms with Crippen LogP contribution in [0.5, 0.6) is 0 Å². The highest BCUT2D eigenvalue weighted by atomic mass is 32.2. The molecule has 0 bridgehead atoms. The summed E-state index contributed by atoms with van der Waals surface area (Å²) in [6.45, 7) is 0. The molecule has 1 aliphatic rings. The summed E-state index contributed by atoms with van der Waals surface area (Å²) >= 11 is 4.19. The molecule has 2 heterocycles. The van der Waals surface area contributed by atoms with E-state index >= 15 is 0 Å². The minimum atomic E-state index is 0.571. The lowest BCUT2D eigenvalue weighted by molar-refractivity contribution is 0.556. The Labute approximate surface area is 106 Å². The van der Waals surface area contributed by atoms with Crippen LogP contribution >= 0.6 is 23.5 Å². The highest BCUT2D eigenvalue weighted by molar-refractivity contribution is 8.06. The van der Waals surface area contributed by atoms with Crippen molar-refractivity contribution >= 4 is 23.5 Å². The molecule has 1 N–H and O–H groups in total. The van der Waals surface area contributed by atoms with Crippen molar-refractivity contribution in [3.05, 3.63) is 30.1 Å². The zero-order valence-electron chi connectivity index (χ0n) is 9.56. The van der Waals surface area contributed by atoms with Crippen molar-refractivity contribution in [1.29, 1.82) is 0 Å². The molecule has 0 amide bonds. The van der Waals surface area contributed by atoms with Gasteiger partial charge in [0, 0.05) is 40.9 Å². The van der Waals surface area contributed by atoms with E-state index in [1.807, 2.05) is 18.5 Å². The van der Waals surface area contributed by atoms with Crippen molar-refractivity contribution in [2.75, 3.05) is 24.3 Å². The van der Waals surface area contributed by atoms with Gasteiger partial charge in [-0.1, -0.05) is 6.07 Å². The van der Waals surface area contributed by atoms with Crippen LogP contribution in [0.3, 0.4) is 0 Å². The Balaban J connectivity index is 1.94. The average Bonchev–Trinajstić information content (AvgIpc) is 2.38. The first-order valence-corrected chi connectivity index (χ1v) is 7.86. The molecule has 2 unspecified atom stereocenters. The van der Waals surface area contributed by atoms with Gasteiger partial charge in [0.1, 0.15) is 0 Å². The molecular weight excluding hydrogens is 236 g/mol. The second kappa shape index (κ2) is 6.52. The Bertz CT molecular complexity index is 299. The Morgan fingerprint density at radius 1 is 1.56 bits per heavy atom. The lowest BCUT2D eigenvalue weighted by Gasteiger charge is -2.29. The minimum Gasteiger partial charge on any atom is -0.316 e. The van der Waals surface area contributed by atoms with Crippen LogP contribution < -0.4 is 5.32 Å². The first-order chi connectivity index (χ1) is 7.90. The van der Waals surface area contributed by atoms with Crippen LogP contribution in [0, 0.1) is 0 Å². The minimum absolute atomic E-state index is 0.571. The van der Waals surface area contributed by atoms with Gasteiger partial charge in [-0.15, -0.1) is 0 Å². The third-order valence-corrected chi connectivity index (χ3v) is 5.76. The van der Waals surface area contributed by atoms with E-state index in [4.69, 9.17) is 0 Å². The molecule has 2 atom stereocenters. The molecule has 1 fully saturated rings. The normalized spacial score (nSPS) is 22.9. The first kappa shape index (κ1) is 12.3. The summed E-state index contributed by atoms with van der Waals surface area (Å²) in [5.74, 6) is 3.88. The zero-order chi connectivity index (χ0) is 11.2. The van der Waals surface area contributed by atoms with Crippen molar-refractivity contribution < 1.29 is 0 Å². The number of hydrogen-bond donors (Lipinski definition) is 1. The topological polar surface area (TPSA) is 24.9 Å². The van der Waals surface area contributed by atoms with Crippen LogP contribution in [0.25, 0.3) is 0 Å². The van der Waals surface area contributed by atoms with Crippen molar-refractivity contribution in [2.24, 2.45) is 0 Å². The molecule has 0 saturated carbocycles. The lowest BCUT2D eigenvalue weighted by atomic mass is 10.1. The molecule has 2 nitrogen and oxygen atoms in total. The predicted molar refractivity (Wildman–Crippen MR) is 74.4 cm³/mol. The summed E-state index contributed by atoms with van der Waals surface area (Å²) in [5, 5.41) is 4.20. The molecule has 4 heteroatoms. The SMILES string of the molecule is CNC(Cc1cccnc1)C1CSCCS1. The summed E-state index contributed by atoms with van der Waals surface area (Å²) in [5.41, 5.74) is 1.33. The number of thioether (sulfide) groups is 2. The third-order valence-electron chi connectivity index (χ3n) is 2.84. The van der Waals surface area contributed by atoms with Gasteiger partial charge < -0.3 is 5.32 Å². The molecule has 2 rings (SSSR count). The first-order valence-electron chi connectivity index (χ1n) is 5.65. The van der Waals surface area contributed by atoms with Gasteiger partial charge in [0.05, 0.1) is 0 Å². The second-order valence-electron chi connectivity index (χ2n) is 3.94. The number of rotatable bonds is 4. The Morgan fingerprint density at radius 3 is 3.12 bits per heavy atom. The number of nitrogens with zero attached hydrogens (tertiary/aromatic N) is 1. The van der Waals surface area contributed by atoms with E-state index < -0.39 is 0 Å². The number of likely N-dealkylation sites (N-methyl/N-ethyl adjacent to an activating group) is 1. The number of pyridine rings is 1. The Kier molecular flexibility index (Phi) is 5.00. The van der Waals surface area contributed by atoms with Gasteiger partial charge in [0.25, 0.3) is 0 Å². The maximum atomic E-state index is 4.18. The van der Waals surface area contributed by atoms with Crippen LogP contribution in [0.4, 0.5) is 0 Å². The average molecular weight is 254 g/mol. The quantitative estimate of drug-likeness (QED) is 0.889. The van der Waals surface area contributed by atoms with E-state index in [0.29, 0.717) is 6.04 Å². The van der Waals surface area contributed by atoms with Gasteiger partial charge >= 0.3 is 0 Å². The molecule has 16 heavy (non-hydrogen) atoms. The number of hydrogen-bond acceptors (Lipinski definition) is 4. The van der Waals surface area contributed by atoms with Gasteiger partial charge in [0.15, 0.2) is 0 Å². The summed E-state index contributed by atoms with van der Waals surface area (Å²) in [6.07, 6.45) is 4.90. The van der Waals surface area contributed by atoms with E-state index in [1.165, 1.54) is 22.8 Å².